The maximum atomic E-state index is 11.8. The Morgan fingerprint density at radius 3 is 2.79 bits per heavy atom. The number of epoxide rings is 1. The van der Waals surface area contributed by atoms with E-state index in [1.807, 2.05) is 0 Å². The number of ether oxygens (including phenoxy) is 2. The number of carbonyl (C=O) groups is 2. The predicted octanol–water partition coefficient (Wildman–Crippen LogP) is 2.78. The Morgan fingerprint density at radius 2 is 2.26 bits per heavy atom. The Kier molecular flexibility index (Phi) is 4.61. The molecule has 4 heteroatoms. The maximum Gasteiger partial charge on any atom is 0.302 e. The average molecular weight is 268 g/mol. The first kappa shape index (κ1) is 14.5. The summed E-state index contributed by atoms with van der Waals surface area (Å²) in [6, 6.07) is 0. The van der Waals surface area contributed by atoms with Crippen LogP contribution in [0.1, 0.15) is 65.2 Å². The molecule has 2 rings (SSSR count). The molecule has 1 aliphatic heterocycles. The molecule has 0 aromatic rings. The summed E-state index contributed by atoms with van der Waals surface area (Å²) in [5.74, 6) is 0.0117. The summed E-state index contributed by atoms with van der Waals surface area (Å²) < 4.78 is 10.9. The third-order valence-electron chi connectivity index (χ3n) is 4.22. The Labute approximate surface area is 114 Å². The van der Waals surface area contributed by atoms with Crippen LogP contribution in [0.5, 0.6) is 0 Å². The van der Waals surface area contributed by atoms with Crippen LogP contribution < -0.4 is 0 Å². The largest absolute Gasteiger partial charge is 0.463 e. The smallest absolute Gasteiger partial charge is 0.302 e. The molecule has 108 valence electrons. The van der Waals surface area contributed by atoms with Crippen molar-refractivity contribution in [3.63, 3.8) is 0 Å². The summed E-state index contributed by atoms with van der Waals surface area (Å²) in [5, 5.41) is 0. The van der Waals surface area contributed by atoms with Crippen LogP contribution in [0.4, 0.5) is 0 Å². The van der Waals surface area contributed by atoms with Gasteiger partial charge in [-0.2, -0.15) is 0 Å². The predicted molar refractivity (Wildman–Crippen MR) is 70.8 cm³/mol. The highest BCUT2D eigenvalue weighted by Crippen LogP contribution is 2.50. The van der Waals surface area contributed by atoms with Crippen LogP contribution in [0.2, 0.25) is 0 Å². The van der Waals surface area contributed by atoms with Gasteiger partial charge < -0.3 is 9.47 Å². The van der Waals surface area contributed by atoms with E-state index in [2.05, 4.69) is 6.92 Å². The molecule has 3 unspecified atom stereocenters. The Morgan fingerprint density at radius 1 is 1.47 bits per heavy atom. The number of ketones is 1. The number of esters is 1. The lowest BCUT2D eigenvalue weighted by Gasteiger charge is -2.18. The monoisotopic (exact) mass is 268 g/mol. The van der Waals surface area contributed by atoms with Crippen molar-refractivity contribution in [1.29, 1.82) is 0 Å². The second kappa shape index (κ2) is 6.04. The summed E-state index contributed by atoms with van der Waals surface area (Å²) in [6.45, 7) is 3.60. The van der Waals surface area contributed by atoms with Crippen LogP contribution in [-0.4, -0.2) is 29.6 Å². The van der Waals surface area contributed by atoms with E-state index >= 15 is 0 Å². The highest BCUT2D eigenvalue weighted by Gasteiger charge is 2.64. The summed E-state index contributed by atoms with van der Waals surface area (Å²) in [6.07, 6.45) is 7.33. The van der Waals surface area contributed by atoms with Crippen LogP contribution in [0.15, 0.2) is 0 Å². The van der Waals surface area contributed by atoms with Crippen molar-refractivity contribution < 1.29 is 19.1 Å². The first-order valence-electron chi connectivity index (χ1n) is 7.47. The molecule has 4 nitrogen and oxygen atoms in total. The van der Waals surface area contributed by atoms with E-state index in [0.29, 0.717) is 12.8 Å². The van der Waals surface area contributed by atoms with Crippen molar-refractivity contribution in [2.75, 3.05) is 0 Å². The van der Waals surface area contributed by atoms with Gasteiger partial charge in [-0.25, -0.2) is 0 Å². The van der Waals surface area contributed by atoms with Gasteiger partial charge in [0.25, 0.3) is 0 Å². The SMILES string of the molecule is CCCCCC(CCC12OC1CCC2=O)OC(C)=O. The Bertz CT molecular complexity index is 352. The van der Waals surface area contributed by atoms with E-state index in [-0.39, 0.29) is 24.0 Å². The standard InChI is InChI=1S/C15H24O4/c1-3-4-5-6-12(18-11(2)16)9-10-15-13(17)7-8-14(15)19-15/h12,14H,3-10H2,1-2H3. The van der Waals surface area contributed by atoms with E-state index in [0.717, 1.165) is 38.5 Å². The fourth-order valence-corrected chi connectivity index (χ4v) is 3.08. The lowest BCUT2D eigenvalue weighted by molar-refractivity contribution is -0.147. The third kappa shape index (κ3) is 3.35. The number of hydrogen-bond donors (Lipinski definition) is 0. The average Bonchev–Trinajstić information content (AvgIpc) is 3.00. The quantitative estimate of drug-likeness (QED) is 0.386. The first-order valence-corrected chi connectivity index (χ1v) is 7.47. The minimum atomic E-state index is -0.497. The van der Waals surface area contributed by atoms with Gasteiger partial charge in [-0.05, 0) is 32.1 Å². The molecule has 19 heavy (non-hydrogen) atoms. The van der Waals surface area contributed by atoms with Gasteiger partial charge in [0.05, 0.1) is 6.10 Å². The molecule has 2 fully saturated rings. The molecular formula is C15H24O4. The molecule has 0 spiro atoms. The van der Waals surface area contributed by atoms with Gasteiger partial charge in [0.15, 0.2) is 11.4 Å². The topological polar surface area (TPSA) is 55.9 Å². The molecule has 0 aromatic carbocycles. The molecule has 1 aliphatic carbocycles. The number of unbranched alkanes of at least 4 members (excludes halogenated alkanes) is 2. The zero-order valence-electron chi connectivity index (χ0n) is 11.9. The summed E-state index contributed by atoms with van der Waals surface area (Å²) in [7, 11) is 0. The molecule has 0 aromatic heterocycles. The van der Waals surface area contributed by atoms with Gasteiger partial charge in [-0.15, -0.1) is 0 Å². The lowest BCUT2D eigenvalue weighted by Crippen LogP contribution is -2.25. The molecule has 2 aliphatic rings. The van der Waals surface area contributed by atoms with E-state index in [1.54, 1.807) is 0 Å². The molecular weight excluding hydrogens is 244 g/mol. The second-order valence-corrected chi connectivity index (χ2v) is 5.72. The highest BCUT2D eigenvalue weighted by molar-refractivity contribution is 5.93. The van der Waals surface area contributed by atoms with Crippen molar-refractivity contribution in [2.45, 2.75) is 83.0 Å². The Balaban J connectivity index is 1.79. The molecule has 0 amide bonds. The number of rotatable bonds is 8. The van der Waals surface area contributed by atoms with E-state index in [1.165, 1.54) is 6.92 Å². The molecule has 1 heterocycles. The molecule has 0 N–H and O–H groups in total. The lowest BCUT2D eigenvalue weighted by atomic mass is 9.95. The number of carbonyl (C=O) groups excluding carboxylic acids is 2. The normalized spacial score (nSPS) is 30.0. The van der Waals surface area contributed by atoms with Gasteiger partial charge in [0.1, 0.15) is 6.10 Å². The third-order valence-corrected chi connectivity index (χ3v) is 4.22. The minimum Gasteiger partial charge on any atom is -0.463 e. The van der Waals surface area contributed by atoms with Crippen LogP contribution in [0, 0.1) is 0 Å². The molecule has 1 saturated carbocycles. The van der Waals surface area contributed by atoms with Crippen molar-refractivity contribution in [1.82, 2.24) is 0 Å². The van der Waals surface area contributed by atoms with Crippen molar-refractivity contribution in [3.05, 3.63) is 0 Å². The van der Waals surface area contributed by atoms with E-state index in [4.69, 9.17) is 9.47 Å². The van der Waals surface area contributed by atoms with E-state index in [9.17, 15) is 9.59 Å². The van der Waals surface area contributed by atoms with Gasteiger partial charge in [0, 0.05) is 13.3 Å². The summed E-state index contributed by atoms with van der Waals surface area (Å²) in [4.78, 5) is 22.9. The fraction of sp³-hybridized carbons (Fsp3) is 0.867. The van der Waals surface area contributed by atoms with Gasteiger partial charge >= 0.3 is 5.97 Å². The number of hydrogen-bond acceptors (Lipinski definition) is 4. The van der Waals surface area contributed by atoms with Crippen LogP contribution >= 0.6 is 0 Å². The molecule has 3 atom stereocenters. The van der Waals surface area contributed by atoms with Gasteiger partial charge in [-0.3, -0.25) is 9.59 Å². The van der Waals surface area contributed by atoms with Crippen LogP contribution in [0.3, 0.4) is 0 Å². The second-order valence-electron chi connectivity index (χ2n) is 5.72. The zero-order valence-corrected chi connectivity index (χ0v) is 11.9. The van der Waals surface area contributed by atoms with Crippen LogP contribution in [0.25, 0.3) is 0 Å². The Hall–Kier alpha value is -0.900. The van der Waals surface area contributed by atoms with Gasteiger partial charge in [0.2, 0.25) is 0 Å². The van der Waals surface area contributed by atoms with E-state index < -0.39 is 5.60 Å². The number of Topliss-reactive ketones (excluding diaryl/α,β-unsaturated/α-hetero) is 1. The number of fused-ring (bicyclic) bond motifs is 1. The molecule has 0 radical (unpaired) electrons. The molecule has 1 saturated heterocycles. The zero-order chi connectivity index (χ0) is 13.9. The van der Waals surface area contributed by atoms with Crippen molar-refractivity contribution >= 4 is 11.8 Å². The highest BCUT2D eigenvalue weighted by atomic mass is 16.6. The van der Waals surface area contributed by atoms with Gasteiger partial charge in [-0.1, -0.05) is 19.8 Å². The summed E-state index contributed by atoms with van der Waals surface area (Å²) in [5.41, 5.74) is -0.497. The molecule has 0 bridgehead atoms. The van der Waals surface area contributed by atoms with Crippen molar-refractivity contribution in [2.24, 2.45) is 0 Å². The maximum absolute atomic E-state index is 11.8. The van der Waals surface area contributed by atoms with Crippen LogP contribution in [-0.2, 0) is 19.1 Å². The summed E-state index contributed by atoms with van der Waals surface area (Å²) >= 11 is 0. The van der Waals surface area contributed by atoms with Crippen molar-refractivity contribution in [3.8, 4) is 0 Å². The first-order chi connectivity index (χ1) is 9.08. The minimum absolute atomic E-state index is 0.0586. The fourth-order valence-electron chi connectivity index (χ4n) is 3.08.